The van der Waals surface area contributed by atoms with E-state index in [9.17, 15) is 9.59 Å². The van der Waals surface area contributed by atoms with E-state index < -0.39 is 0 Å². The molecule has 0 atom stereocenters. The molecular weight excluding hydrogens is 386 g/mol. The summed E-state index contributed by atoms with van der Waals surface area (Å²) in [7, 11) is 0. The molecule has 0 spiro atoms. The van der Waals surface area contributed by atoms with E-state index in [1.54, 1.807) is 4.57 Å². The van der Waals surface area contributed by atoms with Crippen LogP contribution in [0.25, 0.3) is 5.69 Å². The summed E-state index contributed by atoms with van der Waals surface area (Å²) in [5.41, 5.74) is 4.46. The molecule has 164 valence electrons. The minimum atomic E-state index is -0.181. The van der Waals surface area contributed by atoms with Gasteiger partial charge in [-0.05, 0) is 67.9 Å². The number of benzene rings is 1. The number of hydrogen-bond donors (Lipinski definition) is 0. The number of carbonyl (C=O) groups is 1. The van der Waals surface area contributed by atoms with Gasteiger partial charge in [-0.2, -0.15) is 0 Å². The summed E-state index contributed by atoms with van der Waals surface area (Å²) < 4.78 is 1.70. The van der Waals surface area contributed by atoms with Gasteiger partial charge in [-0.15, -0.1) is 0 Å². The van der Waals surface area contributed by atoms with Gasteiger partial charge in [0.2, 0.25) is 0 Å². The number of nitrogens with zero attached hydrogens (tertiary/aromatic N) is 3. The average Bonchev–Trinajstić information content (AvgIpc) is 3.29. The van der Waals surface area contributed by atoms with Gasteiger partial charge in [0, 0.05) is 38.4 Å². The van der Waals surface area contributed by atoms with E-state index in [1.165, 1.54) is 43.2 Å². The molecule has 2 aromatic rings. The predicted octanol–water partition coefficient (Wildman–Crippen LogP) is 3.73. The fraction of sp³-hybridized carbons (Fsp3) is 0.538. The number of amides is 1. The van der Waals surface area contributed by atoms with Crippen molar-refractivity contribution in [1.29, 1.82) is 0 Å². The quantitative estimate of drug-likeness (QED) is 0.762. The van der Waals surface area contributed by atoms with E-state index >= 15 is 0 Å². The molecule has 1 aromatic carbocycles. The lowest BCUT2D eigenvalue weighted by Crippen LogP contribution is -2.53. The molecule has 0 unspecified atom stereocenters. The summed E-state index contributed by atoms with van der Waals surface area (Å²) in [5, 5.41) is 0. The van der Waals surface area contributed by atoms with Gasteiger partial charge >= 0.3 is 0 Å². The Labute approximate surface area is 184 Å². The molecule has 5 heteroatoms. The van der Waals surface area contributed by atoms with Gasteiger partial charge in [-0.3, -0.25) is 19.1 Å². The Bertz CT molecular complexity index is 1030. The summed E-state index contributed by atoms with van der Waals surface area (Å²) in [6, 6.07) is 8.79. The molecule has 2 fully saturated rings. The smallest absolute Gasteiger partial charge is 0.268 e. The number of hydrogen-bond acceptors (Lipinski definition) is 3. The van der Waals surface area contributed by atoms with E-state index in [2.05, 4.69) is 11.0 Å². The van der Waals surface area contributed by atoms with Crippen LogP contribution in [0.15, 0.2) is 35.3 Å². The second kappa shape index (κ2) is 8.62. The molecule has 2 heterocycles. The van der Waals surface area contributed by atoms with Crippen LogP contribution in [0.2, 0.25) is 0 Å². The molecule has 1 saturated carbocycles. The van der Waals surface area contributed by atoms with Crippen molar-refractivity contribution in [3.63, 3.8) is 0 Å². The monoisotopic (exact) mass is 419 g/mol. The first kappa shape index (κ1) is 20.5. The summed E-state index contributed by atoms with van der Waals surface area (Å²) in [6.45, 7) is 5.14. The van der Waals surface area contributed by atoms with Crippen LogP contribution in [-0.2, 0) is 12.8 Å². The molecular formula is C26H33N3O2. The van der Waals surface area contributed by atoms with Crippen LogP contribution in [0.1, 0.15) is 65.6 Å². The molecule has 5 rings (SSSR count). The van der Waals surface area contributed by atoms with Crippen molar-refractivity contribution in [2.24, 2.45) is 0 Å². The largest absolute Gasteiger partial charge is 0.336 e. The minimum Gasteiger partial charge on any atom is -0.336 e. The predicted molar refractivity (Wildman–Crippen MR) is 123 cm³/mol. The van der Waals surface area contributed by atoms with E-state index in [1.807, 2.05) is 36.2 Å². The molecule has 3 aliphatic rings. The molecule has 0 N–H and O–H groups in total. The molecule has 31 heavy (non-hydrogen) atoms. The number of piperazine rings is 1. The fourth-order valence-corrected chi connectivity index (χ4v) is 5.80. The van der Waals surface area contributed by atoms with Gasteiger partial charge in [-0.25, -0.2) is 0 Å². The van der Waals surface area contributed by atoms with Gasteiger partial charge in [0.15, 0.2) is 0 Å². The maximum Gasteiger partial charge on any atom is 0.268 e. The van der Waals surface area contributed by atoms with Crippen LogP contribution >= 0.6 is 0 Å². The Balaban J connectivity index is 1.38. The highest BCUT2D eigenvalue weighted by atomic mass is 16.2. The topological polar surface area (TPSA) is 45.6 Å². The van der Waals surface area contributed by atoms with Crippen molar-refractivity contribution in [3.8, 4) is 5.69 Å². The van der Waals surface area contributed by atoms with E-state index in [4.69, 9.17) is 0 Å². The zero-order valence-corrected chi connectivity index (χ0v) is 18.6. The molecule has 1 aliphatic heterocycles. The third-order valence-corrected chi connectivity index (χ3v) is 7.59. The summed E-state index contributed by atoms with van der Waals surface area (Å²) in [4.78, 5) is 31.4. The normalized spacial score (nSPS) is 20.1. The highest BCUT2D eigenvalue weighted by molar-refractivity contribution is 5.95. The summed E-state index contributed by atoms with van der Waals surface area (Å²) in [5.74, 6) is -0.104. The maximum absolute atomic E-state index is 13.5. The average molecular weight is 420 g/mol. The second-order valence-electron chi connectivity index (χ2n) is 9.44. The molecule has 1 aromatic heterocycles. The number of aryl methyl sites for hydroxylation is 2. The van der Waals surface area contributed by atoms with Crippen molar-refractivity contribution in [2.45, 2.75) is 64.3 Å². The Morgan fingerprint density at radius 2 is 1.71 bits per heavy atom. The van der Waals surface area contributed by atoms with Gasteiger partial charge < -0.3 is 4.90 Å². The number of rotatable bonds is 3. The zero-order chi connectivity index (χ0) is 21.4. The Hall–Kier alpha value is -2.40. The van der Waals surface area contributed by atoms with Crippen molar-refractivity contribution >= 4 is 5.91 Å². The van der Waals surface area contributed by atoms with Crippen molar-refractivity contribution < 1.29 is 4.79 Å². The van der Waals surface area contributed by atoms with Gasteiger partial charge in [0.1, 0.15) is 5.56 Å². The van der Waals surface area contributed by atoms with Crippen molar-refractivity contribution in [2.75, 3.05) is 26.2 Å². The molecule has 2 aliphatic carbocycles. The van der Waals surface area contributed by atoms with E-state index in [0.29, 0.717) is 24.7 Å². The summed E-state index contributed by atoms with van der Waals surface area (Å²) >= 11 is 0. The van der Waals surface area contributed by atoms with Crippen LogP contribution in [0.4, 0.5) is 0 Å². The van der Waals surface area contributed by atoms with Gasteiger partial charge in [-0.1, -0.05) is 31.4 Å². The molecule has 0 bridgehead atoms. The Morgan fingerprint density at radius 3 is 2.48 bits per heavy atom. The number of fused-ring (bicyclic) bond motifs is 1. The van der Waals surface area contributed by atoms with Crippen LogP contribution < -0.4 is 5.56 Å². The Kier molecular flexibility index (Phi) is 5.70. The van der Waals surface area contributed by atoms with E-state index in [-0.39, 0.29) is 11.5 Å². The van der Waals surface area contributed by atoms with Gasteiger partial charge in [0.25, 0.3) is 11.5 Å². The van der Waals surface area contributed by atoms with Gasteiger partial charge in [0.05, 0.1) is 5.69 Å². The molecule has 0 radical (unpaired) electrons. The fourth-order valence-electron chi connectivity index (χ4n) is 5.80. The SMILES string of the molecule is Cc1ccn(-c2cccc3c2CCC3)c(=O)c1C(=O)N1CCN(C2CCCCC2)CC1. The second-order valence-corrected chi connectivity index (χ2v) is 9.44. The lowest BCUT2D eigenvalue weighted by molar-refractivity contribution is 0.0521. The number of pyridine rings is 1. The molecule has 1 amide bonds. The first-order valence-corrected chi connectivity index (χ1v) is 12.0. The third kappa shape index (κ3) is 3.84. The van der Waals surface area contributed by atoms with Crippen molar-refractivity contribution in [1.82, 2.24) is 14.4 Å². The van der Waals surface area contributed by atoms with Crippen molar-refractivity contribution in [3.05, 3.63) is 63.1 Å². The third-order valence-electron chi connectivity index (χ3n) is 7.59. The number of aromatic nitrogens is 1. The first-order chi connectivity index (χ1) is 15.1. The maximum atomic E-state index is 13.5. The van der Waals surface area contributed by atoms with Crippen LogP contribution in [-0.4, -0.2) is 52.5 Å². The van der Waals surface area contributed by atoms with Crippen LogP contribution in [0.3, 0.4) is 0 Å². The zero-order valence-electron chi connectivity index (χ0n) is 18.6. The standard InChI is InChI=1S/C26H33N3O2/c1-19-13-14-29(23-12-6-8-20-7-5-11-22(20)23)26(31)24(19)25(30)28-17-15-27(16-18-28)21-9-3-2-4-10-21/h6,8,12-14,21H,2-5,7,9-11,15-18H2,1H3. The minimum absolute atomic E-state index is 0.104. The van der Waals surface area contributed by atoms with Crippen LogP contribution in [0.5, 0.6) is 0 Å². The molecule has 5 nitrogen and oxygen atoms in total. The first-order valence-electron chi connectivity index (χ1n) is 12.0. The highest BCUT2D eigenvalue weighted by Crippen LogP contribution is 2.27. The Morgan fingerprint density at radius 1 is 0.935 bits per heavy atom. The van der Waals surface area contributed by atoms with E-state index in [0.717, 1.165) is 43.6 Å². The number of carbonyl (C=O) groups excluding carboxylic acids is 1. The highest BCUT2D eigenvalue weighted by Gasteiger charge is 2.29. The van der Waals surface area contributed by atoms with Crippen LogP contribution in [0, 0.1) is 6.92 Å². The summed E-state index contributed by atoms with van der Waals surface area (Å²) in [6.07, 6.45) is 11.6. The lowest BCUT2D eigenvalue weighted by atomic mass is 9.94. The lowest BCUT2D eigenvalue weighted by Gasteiger charge is -2.40. The molecule has 1 saturated heterocycles.